The van der Waals surface area contributed by atoms with Crippen LogP contribution in [0.1, 0.15) is 34.0 Å². The number of carbonyl (C=O) groups is 1. The van der Waals surface area contributed by atoms with Crippen molar-refractivity contribution < 1.29 is 4.79 Å². The van der Waals surface area contributed by atoms with E-state index in [1.165, 1.54) is 27.8 Å². The average Bonchev–Trinajstić information content (AvgIpc) is 3.05. The molecule has 0 spiro atoms. The van der Waals surface area contributed by atoms with Gasteiger partial charge in [0.25, 0.3) is 0 Å². The first-order valence-electron chi connectivity index (χ1n) is 9.46. The second-order valence-electron chi connectivity index (χ2n) is 7.87. The third-order valence-corrected chi connectivity index (χ3v) is 5.92. The predicted octanol–water partition coefficient (Wildman–Crippen LogP) is 5.00. The van der Waals surface area contributed by atoms with Gasteiger partial charge < -0.3 is 0 Å². The van der Waals surface area contributed by atoms with Crippen molar-refractivity contribution in [1.29, 1.82) is 0 Å². The molecule has 3 aromatic carbocycles. The lowest BCUT2D eigenvalue weighted by Crippen LogP contribution is -2.50. The highest BCUT2D eigenvalue weighted by Crippen LogP contribution is 2.37. The molecule has 1 aliphatic carbocycles. The van der Waals surface area contributed by atoms with Crippen molar-refractivity contribution in [3.8, 4) is 11.1 Å². The second-order valence-corrected chi connectivity index (χ2v) is 7.87. The van der Waals surface area contributed by atoms with Crippen molar-refractivity contribution in [3.05, 3.63) is 95.1 Å². The van der Waals surface area contributed by atoms with Crippen LogP contribution < -0.4 is 0 Å². The number of hydrogen-bond donors (Lipinski definition) is 0. The number of ketones is 1. The molecule has 1 aliphatic rings. The largest absolute Gasteiger partial charge is 0.297 e. The Morgan fingerprint density at radius 3 is 2.30 bits per heavy atom. The van der Waals surface area contributed by atoms with Gasteiger partial charge in [0.15, 0.2) is 5.78 Å². The normalized spacial score (nSPS) is 14.5. The van der Waals surface area contributed by atoms with Crippen LogP contribution in [0.15, 0.2) is 72.8 Å². The SMILES string of the molecule is CN(C)C(C)(Cc1ccccc1)C(=O)c1ccc2c(c1)Cc1ccccc1-2. The highest BCUT2D eigenvalue weighted by Gasteiger charge is 2.36. The molecule has 0 fully saturated rings. The molecular weight excluding hydrogens is 330 g/mol. The van der Waals surface area contributed by atoms with Crippen molar-refractivity contribution in [2.45, 2.75) is 25.3 Å². The van der Waals surface area contributed by atoms with Crippen LogP contribution in [-0.4, -0.2) is 30.3 Å². The van der Waals surface area contributed by atoms with Gasteiger partial charge in [-0.25, -0.2) is 0 Å². The summed E-state index contributed by atoms with van der Waals surface area (Å²) in [5.74, 6) is 0.176. The Morgan fingerprint density at radius 1 is 0.889 bits per heavy atom. The molecule has 0 radical (unpaired) electrons. The Balaban J connectivity index is 1.68. The van der Waals surface area contributed by atoms with Gasteiger partial charge in [0.05, 0.1) is 5.54 Å². The highest BCUT2D eigenvalue weighted by atomic mass is 16.1. The lowest BCUT2D eigenvalue weighted by atomic mass is 9.83. The van der Waals surface area contributed by atoms with Gasteiger partial charge in [0.2, 0.25) is 0 Å². The average molecular weight is 355 g/mol. The zero-order chi connectivity index (χ0) is 19.0. The summed E-state index contributed by atoms with van der Waals surface area (Å²) in [7, 11) is 3.98. The van der Waals surface area contributed by atoms with E-state index in [9.17, 15) is 4.79 Å². The first kappa shape index (κ1) is 17.7. The minimum Gasteiger partial charge on any atom is -0.297 e. The van der Waals surface area contributed by atoms with Crippen molar-refractivity contribution in [2.75, 3.05) is 14.1 Å². The molecule has 1 unspecified atom stereocenters. The van der Waals surface area contributed by atoms with E-state index in [4.69, 9.17) is 0 Å². The minimum atomic E-state index is -0.582. The molecule has 3 aromatic rings. The Hall–Kier alpha value is -2.71. The Kier molecular flexibility index (Phi) is 4.45. The zero-order valence-electron chi connectivity index (χ0n) is 16.2. The van der Waals surface area contributed by atoms with Crippen molar-refractivity contribution in [2.24, 2.45) is 0 Å². The number of Topliss-reactive ketones (excluding diaryl/α,β-unsaturated/α-hetero) is 1. The third-order valence-electron chi connectivity index (χ3n) is 5.92. The molecule has 0 N–H and O–H groups in total. The number of fused-ring (bicyclic) bond motifs is 3. The number of nitrogens with zero attached hydrogens (tertiary/aromatic N) is 1. The van der Waals surface area contributed by atoms with Gasteiger partial charge in [-0.2, -0.15) is 0 Å². The van der Waals surface area contributed by atoms with Gasteiger partial charge >= 0.3 is 0 Å². The van der Waals surface area contributed by atoms with E-state index in [2.05, 4.69) is 48.5 Å². The molecule has 1 atom stereocenters. The van der Waals surface area contributed by atoms with Crippen LogP contribution in [0.2, 0.25) is 0 Å². The summed E-state index contributed by atoms with van der Waals surface area (Å²) in [6.45, 7) is 2.05. The number of hydrogen-bond acceptors (Lipinski definition) is 2. The second kappa shape index (κ2) is 6.79. The van der Waals surface area contributed by atoms with E-state index in [1.54, 1.807) is 0 Å². The Bertz CT molecular complexity index is 990. The summed E-state index contributed by atoms with van der Waals surface area (Å²) < 4.78 is 0. The smallest absolute Gasteiger partial charge is 0.183 e. The highest BCUT2D eigenvalue weighted by molar-refractivity contribution is 6.04. The zero-order valence-corrected chi connectivity index (χ0v) is 16.2. The maximum Gasteiger partial charge on any atom is 0.183 e. The standard InChI is InChI=1S/C25H25NO/c1-25(26(2)3,17-18-9-5-4-6-10-18)24(27)20-13-14-23-21(16-20)15-19-11-7-8-12-22(19)23/h4-14,16H,15,17H2,1-3H3. The Labute approximate surface area is 161 Å². The van der Waals surface area contributed by atoms with Gasteiger partial charge in [-0.3, -0.25) is 9.69 Å². The fourth-order valence-electron chi connectivity index (χ4n) is 4.03. The number of rotatable bonds is 5. The van der Waals surface area contributed by atoms with Crippen LogP contribution in [0.3, 0.4) is 0 Å². The topological polar surface area (TPSA) is 20.3 Å². The molecule has 0 heterocycles. The van der Waals surface area contributed by atoms with Gasteiger partial charge in [0.1, 0.15) is 0 Å². The molecule has 27 heavy (non-hydrogen) atoms. The number of likely N-dealkylation sites (N-methyl/N-ethyl adjacent to an activating group) is 1. The molecule has 4 rings (SSSR count). The molecule has 0 amide bonds. The van der Waals surface area contributed by atoms with E-state index >= 15 is 0 Å². The van der Waals surface area contributed by atoms with Crippen LogP contribution >= 0.6 is 0 Å². The van der Waals surface area contributed by atoms with Crippen LogP contribution in [0.4, 0.5) is 0 Å². The third kappa shape index (κ3) is 3.11. The van der Waals surface area contributed by atoms with E-state index in [-0.39, 0.29) is 5.78 Å². The van der Waals surface area contributed by atoms with Crippen LogP contribution in [-0.2, 0) is 12.8 Å². The van der Waals surface area contributed by atoms with E-state index < -0.39 is 5.54 Å². The van der Waals surface area contributed by atoms with Gasteiger partial charge in [0, 0.05) is 5.56 Å². The maximum absolute atomic E-state index is 13.5. The van der Waals surface area contributed by atoms with E-state index in [1.807, 2.05) is 50.2 Å². The van der Waals surface area contributed by atoms with Gasteiger partial charge in [-0.05, 0) is 67.7 Å². The van der Waals surface area contributed by atoms with E-state index in [0.29, 0.717) is 6.42 Å². The van der Waals surface area contributed by atoms with Crippen molar-refractivity contribution >= 4 is 5.78 Å². The van der Waals surface area contributed by atoms with Crippen molar-refractivity contribution in [1.82, 2.24) is 4.90 Å². The molecule has 0 saturated heterocycles. The maximum atomic E-state index is 13.5. The first-order chi connectivity index (χ1) is 13.0. The number of carbonyl (C=O) groups excluding carboxylic acids is 1. The monoisotopic (exact) mass is 355 g/mol. The van der Waals surface area contributed by atoms with Gasteiger partial charge in [-0.15, -0.1) is 0 Å². The molecule has 2 nitrogen and oxygen atoms in total. The first-order valence-corrected chi connectivity index (χ1v) is 9.46. The van der Waals surface area contributed by atoms with Crippen molar-refractivity contribution in [3.63, 3.8) is 0 Å². The fourth-order valence-corrected chi connectivity index (χ4v) is 4.03. The summed E-state index contributed by atoms with van der Waals surface area (Å²) in [5, 5.41) is 0. The van der Waals surface area contributed by atoms with E-state index in [0.717, 1.165) is 12.0 Å². The Morgan fingerprint density at radius 2 is 1.56 bits per heavy atom. The minimum absolute atomic E-state index is 0.176. The quantitative estimate of drug-likeness (QED) is 0.469. The molecule has 0 aliphatic heterocycles. The predicted molar refractivity (Wildman–Crippen MR) is 111 cm³/mol. The molecule has 0 bridgehead atoms. The molecule has 0 aromatic heterocycles. The molecule has 2 heteroatoms. The lowest BCUT2D eigenvalue weighted by molar-refractivity contribution is 0.0719. The molecule has 136 valence electrons. The summed E-state index contributed by atoms with van der Waals surface area (Å²) in [4.78, 5) is 15.6. The summed E-state index contributed by atoms with van der Waals surface area (Å²) in [5.41, 5.74) is 6.55. The van der Waals surface area contributed by atoms with Crippen LogP contribution in [0.25, 0.3) is 11.1 Å². The fraction of sp³-hybridized carbons (Fsp3) is 0.240. The van der Waals surface area contributed by atoms with Crippen LogP contribution in [0, 0.1) is 0 Å². The molecule has 0 saturated carbocycles. The number of benzene rings is 3. The summed E-state index contributed by atoms with van der Waals surface area (Å²) >= 11 is 0. The van der Waals surface area contributed by atoms with Gasteiger partial charge in [-0.1, -0.05) is 66.7 Å². The van der Waals surface area contributed by atoms with Crippen LogP contribution in [0.5, 0.6) is 0 Å². The lowest BCUT2D eigenvalue weighted by Gasteiger charge is -2.35. The summed E-state index contributed by atoms with van der Waals surface area (Å²) in [6.07, 6.45) is 1.60. The molecular formula is C25H25NO. The summed E-state index contributed by atoms with van der Waals surface area (Å²) in [6, 6.07) is 25.0.